The van der Waals surface area contributed by atoms with Gasteiger partial charge in [0.15, 0.2) is 11.5 Å². The molecule has 5 nitrogen and oxygen atoms in total. The molecule has 0 saturated carbocycles. The zero-order chi connectivity index (χ0) is 19.1. The van der Waals surface area contributed by atoms with Gasteiger partial charge >= 0.3 is 0 Å². The van der Waals surface area contributed by atoms with Gasteiger partial charge in [-0.15, -0.1) is 0 Å². The summed E-state index contributed by atoms with van der Waals surface area (Å²) >= 11 is 1.73. The highest BCUT2D eigenvalue weighted by Gasteiger charge is 2.17. The number of aliphatic hydroxyl groups excluding tert-OH is 1. The Morgan fingerprint density at radius 3 is 2.63 bits per heavy atom. The van der Waals surface area contributed by atoms with Crippen molar-refractivity contribution in [3.05, 3.63) is 46.2 Å². The minimum Gasteiger partial charge on any atom is -0.493 e. The maximum atomic E-state index is 10.3. The second-order valence-electron chi connectivity index (χ2n) is 7.26. The normalized spacial score (nSPS) is 16.0. The summed E-state index contributed by atoms with van der Waals surface area (Å²) in [4.78, 5) is 4.57. The molecule has 27 heavy (non-hydrogen) atoms. The van der Waals surface area contributed by atoms with E-state index in [1.165, 1.54) is 18.4 Å². The van der Waals surface area contributed by atoms with Gasteiger partial charge in [-0.2, -0.15) is 11.3 Å². The molecule has 0 aliphatic carbocycles. The molecule has 0 unspecified atom stereocenters. The predicted octanol–water partition coefficient (Wildman–Crippen LogP) is 3.22. The van der Waals surface area contributed by atoms with E-state index in [0.29, 0.717) is 18.0 Å². The SMILES string of the molecule is COc1ccc(CN(C)Cc2ccsc2)cc1OC[C@@H](O)CN1CCCC1. The smallest absolute Gasteiger partial charge is 0.161 e. The third-order valence-electron chi connectivity index (χ3n) is 4.81. The van der Waals surface area contributed by atoms with E-state index in [-0.39, 0.29) is 6.61 Å². The maximum absolute atomic E-state index is 10.3. The van der Waals surface area contributed by atoms with E-state index < -0.39 is 6.10 Å². The quantitative estimate of drug-likeness (QED) is 0.675. The summed E-state index contributed by atoms with van der Waals surface area (Å²) in [6.07, 6.45) is 1.96. The summed E-state index contributed by atoms with van der Waals surface area (Å²) in [5.41, 5.74) is 2.50. The number of β-amino-alcohol motifs (C(OH)–C–C–N with tert-alkyl or cyclic N) is 1. The van der Waals surface area contributed by atoms with Gasteiger partial charge in [0.2, 0.25) is 0 Å². The van der Waals surface area contributed by atoms with Gasteiger partial charge in [-0.25, -0.2) is 0 Å². The lowest BCUT2D eigenvalue weighted by molar-refractivity contribution is 0.0746. The molecule has 3 rings (SSSR count). The van der Waals surface area contributed by atoms with Crippen molar-refractivity contribution in [3.63, 3.8) is 0 Å². The first-order valence-corrected chi connectivity index (χ1v) is 10.5. The number of thiophene rings is 1. The minimum absolute atomic E-state index is 0.279. The first-order chi connectivity index (χ1) is 13.1. The van der Waals surface area contributed by atoms with Crippen molar-refractivity contribution in [3.8, 4) is 11.5 Å². The van der Waals surface area contributed by atoms with Crippen LogP contribution in [0.5, 0.6) is 11.5 Å². The van der Waals surface area contributed by atoms with Gasteiger partial charge in [0.25, 0.3) is 0 Å². The fourth-order valence-corrected chi connectivity index (χ4v) is 4.16. The largest absolute Gasteiger partial charge is 0.493 e. The Hall–Kier alpha value is -1.60. The summed E-state index contributed by atoms with van der Waals surface area (Å²) in [6, 6.07) is 8.18. The van der Waals surface area contributed by atoms with Crippen molar-refractivity contribution >= 4 is 11.3 Å². The van der Waals surface area contributed by atoms with Crippen LogP contribution < -0.4 is 9.47 Å². The van der Waals surface area contributed by atoms with Gasteiger partial charge in [0.1, 0.15) is 12.7 Å². The van der Waals surface area contributed by atoms with Gasteiger partial charge in [-0.3, -0.25) is 4.90 Å². The van der Waals surface area contributed by atoms with Gasteiger partial charge in [-0.05, 0) is 73.1 Å². The second-order valence-corrected chi connectivity index (χ2v) is 8.04. The van der Waals surface area contributed by atoms with Crippen LogP contribution in [-0.4, -0.2) is 61.4 Å². The number of nitrogens with zero attached hydrogens (tertiary/aromatic N) is 2. The Labute approximate surface area is 166 Å². The number of hydrogen-bond donors (Lipinski definition) is 1. The number of benzene rings is 1. The molecule has 2 aromatic rings. The molecule has 0 spiro atoms. The fraction of sp³-hybridized carbons (Fsp3) is 0.524. The van der Waals surface area contributed by atoms with Crippen molar-refractivity contribution in [1.82, 2.24) is 9.80 Å². The lowest BCUT2D eigenvalue weighted by atomic mass is 10.2. The van der Waals surface area contributed by atoms with E-state index in [2.05, 4.69) is 39.7 Å². The lowest BCUT2D eigenvalue weighted by Crippen LogP contribution is -2.33. The molecule has 1 N–H and O–H groups in total. The summed E-state index contributed by atoms with van der Waals surface area (Å²) in [7, 11) is 3.76. The van der Waals surface area contributed by atoms with Crippen molar-refractivity contribution < 1.29 is 14.6 Å². The highest BCUT2D eigenvalue weighted by molar-refractivity contribution is 7.07. The van der Waals surface area contributed by atoms with E-state index in [1.54, 1.807) is 18.4 Å². The first kappa shape index (κ1) is 20.1. The maximum Gasteiger partial charge on any atom is 0.161 e. The molecule has 6 heteroatoms. The van der Waals surface area contributed by atoms with E-state index in [0.717, 1.165) is 31.7 Å². The molecule has 1 saturated heterocycles. The molecule has 2 heterocycles. The van der Waals surface area contributed by atoms with E-state index >= 15 is 0 Å². The predicted molar refractivity (Wildman–Crippen MR) is 110 cm³/mol. The Bertz CT molecular complexity index is 687. The Balaban J connectivity index is 1.55. The molecule has 1 aliphatic rings. The van der Waals surface area contributed by atoms with E-state index in [4.69, 9.17) is 9.47 Å². The van der Waals surface area contributed by atoms with Crippen LogP contribution in [0.2, 0.25) is 0 Å². The molecular formula is C21H30N2O3S. The molecule has 1 fully saturated rings. The van der Waals surface area contributed by atoms with Crippen molar-refractivity contribution in [2.24, 2.45) is 0 Å². The molecule has 0 amide bonds. The summed E-state index contributed by atoms with van der Waals surface area (Å²) in [5, 5.41) is 14.6. The summed E-state index contributed by atoms with van der Waals surface area (Å²) in [6.45, 7) is 4.85. The van der Waals surface area contributed by atoms with Crippen LogP contribution in [0.25, 0.3) is 0 Å². The van der Waals surface area contributed by atoms with Crippen LogP contribution in [0.3, 0.4) is 0 Å². The van der Waals surface area contributed by atoms with E-state index in [9.17, 15) is 5.11 Å². The number of rotatable bonds is 10. The van der Waals surface area contributed by atoms with Crippen LogP contribution >= 0.6 is 11.3 Å². The second kappa shape index (κ2) is 10.1. The first-order valence-electron chi connectivity index (χ1n) is 9.54. The third kappa shape index (κ3) is 6.21. The lowest BCUT2D eigenvalue weighted by Gasteiger charge is -2.21. The van der Waals surface area contributed by atoms with Crippen LogP contribution in [0.15, 0.2) is 35.0 Å². The van der Waals surface area contributed by atoms with Crippen molar-refractivity contribution in [2.75, 3.05) is 40.4 Å². The summed E-state index contributed by atoms with van der Waals surface area (Å²) < 4.78 is 11.3. The van der Waals surface area contributed by atoms with Crippen molar-refractivity contribution in [2.45, 2.75) is 32.0 Å². The topological polar surface area (TPSA) is 45.2 Å². The zero-order valence-corrected chi connectivity index (χ0v) is 17.1. The minimum atomic E-state index is -0.488. The molecule has 1 aromatic carbocycles. The van der Waals surface area contributed by atoms with Crippen LogP contribution in [-0.2, 0) is 13.1 Å². The molecule has 1 aliphatic heterocycles. The third-order valence-corrected chi connectivity index (χ3v) is 5.54. The molecular weight excluding hydrogens is 360 g/mol. The van der Waals surface area contributed by atoms with Crippen LogP contribution in [0.4, 0.5) is 0 Å². The zero-order valence-electron chi connectivity index (χ0n) is 16.3. The highest BCUT2D eigenvalue weighted by Crippen LogP contribution is 2.29. The fourth-order valence-electron chi connectivity index (χ4n) is 3.50. The summed E-state index contributed by atoms with van der Waals surface area (Å²) in [5.74, 6) is 1.40. The molecule has 148 valence electrons. The van der Waals surface area contributed by atoms with Crippen molar-refractivity contribution in [1.29, 1.82) is 0 Å². The number of hydrogen-bond acceptors (Lipinski definition) is 6. The average molecular weight is 391 g/mol. The Morgan fingerprint density at radius 1 is 1.15 bits per heavy atom. The number of ether oxygens (including phenoxy) is 2. The standard InChI is InChI=1S/C21H30N2O3S/c1-22(13-18-7-10-27-16-18)12-17-5-6-20(25-2)21(11-17)26-15-19(24)14-23-8-3-4-9-23/h5-7,10-11,16,19,24H,3-4,8-9,12-15H2,1-2H3/t19-/m0/s1. The van der Waals surface area contributed by atoms with Gasteiger partial charge in [0.05, 0.1) is 7.11 Å². The number of methoxy groups -OCH3 is 1. The highest BCUT2D eigenvalue weighted by atomic mass is 32.1. The number of aliphatic hydroxyl groups is 1. The Morgan fingerprint density at radius 2 is 1.93 bits per heavy atom. The van der Waals surface area contributed by atoms with Gasteiger partial charge in [0, 0.05) is 19.6 Å². The van der Waals surface area contributed by atoms with Gasteiger partial charge < -0.3 is 19.5 Å². The van der Waals surface area contributed by atoms with Crippen LogP contribution in [0.1, 0.15) is 24.0 Å². The average Bonchev–Trinajstić information content (AvgIpc) is 3.34. The molecule has 0 radical (unpaired) electrons. The number of likely N-dealkylation sites (tertiary alicyclic amines) is 1. The van der Waals surface area contributed by atoms with E-state index in [1.807, 2.05) is 12.1 Å². The van der Waals surface area contributed by atoms with Crippen LogP contribution in [0, 0.1) is 0 Å². The molecule has 1 atom stereocenters. The van der Waals surface area contributed by atoms with Gasteiger partial charge in [-0.1, -0.05) is 6.07 Å². The monoisotopic (exact) mass is 390 g/mol. The molecule has 0 bridgehead atoms. The molecule has 1 aromatic heterocycles. The Kier molecular flexibility index (Phi) is 7.52.